The van der Waals surface area contributed by atoms with Gasteiger partial charge in [0.1, 0.15) is 0 Å². The van der Waals surface area contributed by atoms with Crippen LogP contribution in [0.5, 0.6) is 0 Å². The summed E-state index contributed by atoms with van der Waals surface area (Å²) in [7, 11) is 2.11. The fourth-order valence-corrected chi connectivity index (χ4v) is 1.79. The Kier molecular flexibility index (Phi) is 4.79. The van der Waals surface area contributed by atoms with E-state index in [1.165, 1.54) is 5.56 Å². The quantitative estimate of drug-likeness (QED) is 0.776. The minimum absolute atomic E-state index is 0.416. The van der Waals surface area contributed by atoms with Crippen molar-refractivity contribution in [3.05, 3.63) is 34.9 Å². The van der Waals surface area contributed by atoms with Crippen LogP contribution in [-0.4, -0.2) is 24.2 Å². The van der Waals surface area contributed by atoms with Crippen LogP contribution in [-0.2, 0) is 0 Å². The Balaban J connectivity index is 2.68. The molecule has 0 amide bonds. The zero-order chi connectivity index (χ0) is 10.6. The summed E-state index contributed by atoms with van der Waals surface area (Å²) in [5, 5.41) is 0.790. The molecule has 0 aliphatic heterocycles. The Morgan fingerprint density at radius 2 is 1.93 bits per heavy atom. The second-order valence-corrected chi connectivity index (χ2v) is 4.32. The van der Waals surface area contributed by atoms with E-state index >= 15 is 0 Å². The SMILES string of the molecule is CC(c1ccc(Cl)cc1)N(C)CCS. The second-order valence-electron chi connectivity index (χ2n) is 3.43. The third-order valence-corrected chi connectivity index (χ3v) is 2.92. The van der Waals surface area contributed by atoms with E-state index in [4.69, 9.17) is 11.6 Å². The molecule has 1 rings (SSSR count). The van der Waals surface area contributed by atoms with E-state index in [0.717, 1.165) is 17.3 Å². The van der Waals surface area contributed by atoms with Gasteiger partial charge in [0.2, 0.25) is 0 Å². The van der Waals surface area contributed by atoms with Gasteiger partial charge < -0.3 is 0 Å². The predicted molar refractivity (Wildman–Crippen MR) is 66.4 cm³/mol. The highest BCUT2D eigenvalue weighted by Gasteiger charge is 2.09. The zero-order valence-corrected chi connectivity index (χ0v) is 10.2. The van der Waals surface area contributed by atoms with Crippen molar-refractivity contribution in [3.8, 4) is 0 Å². The molecule has 0 bridgehead atoms. The lowest BCUT2D eigenvalue weighted by atomic mass is 10.1. The van der Waals surface area contributed by atoms with Gasteiger partial charge in [0.15, 0.2) is 0 Å². The molecule has 1 aromatic rings. The van der Waals surface area contributed by atoms with Crippen molar-refractivity contribution in [1.29, 1.82) is 0 Å². The molecule has 0 heterocycles. The van der Waals surface area contributed by atoms with Crippen LogP contribution in [0.4, 0.5) is 0 Å². The summed E-state index contributed by atoms with van der Waals surface area (Å²) in [6.45, 7) is 3.18. The molecule has 78 valence electrons. The molecule has 0 fully saturated rings. The van der Waals surface area contributed by atoms with Crippen LogP contribution in [0.2, 0.25) is 5.02 Å². The normalized spacial score (nSPS) is 13.2. The molecule has 0 saturated heterocycles. The summed E-state index contributed by atoms with van der Waals surface area (Å²) in [6, 6.07) is 8.42. The van der Waals surface area contributed by atoms with Crippen LogP contribution in [0, 0.1) is 0 Å². The van der Waals surface area contributed by atoms with Gasteiger partial charge in [-0.15, -0.1) is 0 Å². The lowest BCUT2D eigenvalue weighted by Gasteiger charge is -2.24. The molecule has 1 atom stereocenters. The van der Waals surface area contributed by atoms with Gasteiger partial charge in [-0.3, -0.25) is 4.90 Å². The van der Waals surface area contributed by atoms with Gasteiger partial charge >= 0.3 is 0 Å². The molecular formula is C11H16ClNS. The molecule has 0 aromatic heterocycles. The van der Waals surface area contributed by atoms with Crippen molar-refractivity contribution in [1.82, 2.24) is 4.90 Å². The van der Waals surface area contributed by atoms with Gasteiger partial charge in [-0.25, -0.2) is 0 Å². The Morgan fingerprint density at radius 3 is 2.43 bits per heavy atom. The maximum absolute atomic E-state index is 5.83. The molecule has 1 nitrogen and oxygen atoms in total. The summed E-state index contributed by atoms with van der Waals surface area (Å²) in [6.07, 6.45) is 0. The minimum atomic E-state index is 0.416. The Labute approximate surface area is 96.5 Å². The molecule has 0 aliphatic carbocycles. The first-order valence-electron chi connectivity index (χ1n) is 4.71. The van der Waals surface area contributed by atoms with Crippen LogP contribution >= 0.6 is 24.2 Å². The smallest absolute Gasteiger partial charge is 0.0406 e. The number of thiol groups is 1. The highest BCUT2D eigenvalue weighted by Crippen LogP contribution is 2.20. The molecule has 1 aromatic carbocycles. The van der Waals surface area contributed by atoms with Crippen LogP contribution in [0.15, 0.2) is 24.3 Å². The van der Waals surface area contributed by atoms with Crippen LogP contribution in [0.3, 0.4) is 0 Å². The summed E-state index contributed by atoms with van der Waals surface area (Å²) in [5.74, 6) is 0.883. The number of benzene rings is 1. The minimum Gasteiger partial charge on any atom is -0.299 e. The Bertz CT molecular complexity index is 273. The Hall–Kier alpha value is -0.180. The first-order chi connectivity index (χ1) is 6.65. The molecule has 0 saturated carbocycles. The summed E-state index contributed by atoms with van der Waals surface area (Å²) in [4.78, 5) is 2.27. The van der Waals surface area contributed by atoms with E-state index in [0.29, 0.717) is 6.04 Å². The van der Waals surface area contributed by atoms with E-state index in [2.05, 4.69) is 43.6 Å². The van der Waals surface area contributed by atoms with Crippen molar-refractivity contribution in [3.63, 3.8) is 0 Å². The molecule has 3 heteroatoms. The van der Waals surface area contributed by atoms with Crippen molar-refractivity contribution >= 4 is 24.2 Å². The second kappa shape index (κ2) is 5.64. The highest BCUT2D eigenvalue weighted by atomic mass is 35.5. The van der Waals surface area contributed by atoms with Crippen molar-refractivity contribution in [2.45, 2.75) is 13.0 Å². The standard InChI is InChI=1S/C11H16ClNS/c1-9(13(2)7-8-14)10-3-5-11(12)6-4-10/h3-6,9,14H,7-8H2,1-2H3. The van der Waals surface area contributed by atoms with E-state index in [9.17, 15) is 0 Å². The number of rotatable bonds is 4. The van der Waals surface area contributed by atoms with Gasteiger partial charge in [0, 0.05) is 23.4 Å². The maximum atomic E-state index is 5.83. The zero-order valence-electron chi connectivity index (χ0n) is 8.57. The fraction of sp³-hybridized carbons (Fsp3) is 0.455. The van der Waals surface area contributed by atoms with E-state index < -0.39 is 0 Å². The lowest BCUT2D eigenvalue weighted by Crippen LogP contribution is -2.24. The van der Waals surface area contributed by atoms with Gasteiger partial charge in [0.25, 0.3) is 0 Å². The Morgan fingerprint density at radius 1 is 1.36 bits per heavy atom. The fourth-order valence-electron chi connectivity index (χ4n) is 1.35. The van der Waals surface area contributed by atoms with Gasteiger partial charge in [0.05, 0.1) is 0 Å². The van der Waals surface area contributed by atoms with Crippen molar-refractivity contribution in [2.24, 2.45) is 0 Å². The van der Waals surface area contributed by atoms with Crippen LogP contribution in [0.1, 0.15) is 18.5 Å². The molecule has 0 radical (unpaired) electrons. The number of hydrogen-bond donors (Lipinski definition) is 1. The van der Waals surface area contributed by atoms with Gasteiger partial charge in [-0.2, -0.15) is 12.6 Å². The number of hydrogen-bond acceptors (Lipinski definition) is 2. The molecular weight excluding hydrogens is 214 g/mol. The van der Waals surface area contributed by atoms with Gasteiger partial charge in [-0.05, 0) is 31.7 Å². The van der Waals surface area contributed by atoms with Crippen LogP contribution < -0.4 is 0 Å². The average Bonchev–Trinajstić information content (AvgIpc) is 2.18. The maximum Gasteiger partial charge on any atom is 0.0406 e. The largest absolute Gasteiger partial charge is 0.299 e. The molecule has 14 heavy (non-hydrogen) atoms. The monoisotopic (exact) mass is 229 g/mol. The van der Waals surface area contributed by atoms with Gasteiger partial charge in [-0.1, -0.05) is 23.7 Å². The lowest BCUT2D eigenvalue weighted by molar-refractivity contribution is 0.278. The average molecular weight is 230 g/mol. The third-order valence-electron chi connectivity index (χ3n) is 2.47. The highest BCUT2D eigenvalue weighted by molar-refractivity contribution is 7.80. The topological polar surface area (TPSA) is 3.24 Å². The summed E-state index contributed by atoms with van der Waals surface area (Å²) in [5.41, 5.74) is 1.29. The van der Waals surface area contributed by atoms with Crippen LogP contribution in [0.25, 0.3) is 0 Å². The van der Waals surface area contributed by atoms with E-state index in [1.807, 2.05) is 12.1 Å². The summed E-state index contributed by atoms with van der Waals surface area (Å²) >= 11 is 10.1. The predicted octanol–water partition coefficient (Wildman–Crippen LogP) is 3.26. The third kappa shape index (κ3) is 3.19. The first-order valence-corrected chi connectivity index (χ1v) is 5.72. The summed E-state index contributed by atoms with van der Waals surface area (Å²) < 4.78 is 0. The van der Waals surface area contributed by atoms with E-state index in [-0.39, 0.29) is 0 Å². The number of halogens is 1. The van der Waals surface area contributed by atoms with Crippen molar-refractivity contribution < 1.29 is 0 Å². The first kappa shape index (κ1) is 11.9. The molecule has 1 unspecified atom stereocenters. The van der Waals surface area contributed by atoms with E-state index in [1.54, 1.807) is 0 Å². The molecule has 0 N–H and O–H groups in total. The molecule has 0 spiro atoms. The van der Waals surface area contributed by atoms with Crippen molar-refractivity contribution in [2.75, 3.05) is 19.3 Å². The number of nitrogens with zero attached hydrogens (tertiary/aromatic N) is 1. The molecule has 0 aliphatic rings.